The van der Waals surface area contributed by atoms with E-state index >= 15 is 0 Å². The highest BCUT2D eigenvalue weighted by Gasteiger charge is 2.19. The number of carbonyl (C=O) groups excluding carboxylic acids is 1. The van der Waals surface area contributed by atoms with Crippen molar-refractivity contribution in [3.8, 4) is 10.4 Å². The van der Waals surface area contributed by atoms with Crippen LogP contribution >= 0.6 is 11.3 Å². The maximum Gasteiger partial charge on any atom is 0.257 e. The average molecular weight is 425 g/mol. The zero-order valence-corrected chi connectivity index (χ0v) is 16.9. The van der Waals surface area contributed by atoms with E-state index in [0.29, 0.717) is 28.8 Å². The van der Waals surface area contributed by atoms with Gasteiger partial charge < -0.3 is 11.1 Å². The van der Waals surface area contributed by atoms with Gasteiger partial charge in [-0.3, -0.25) is 9.79 Å². The zero-order chi connectivity index (χ0) is 20.9. The summed E-state index contributed by atoms with van der Waals surface area (Å²) in [5.74, 6) is -0.320. The van der Waals surface area contributed by atoms with E-state index in [0.717, 1.165) is 16.0 Å². The van der Waals surface area contributed by atoms with Crippen LogP contribution in [-0.4, -0.2) is 22.4 Å². The molecule has 5 aromatic rings. The summed E-state index contributed by atoms with van der Waals surface area (Å²) < 4.78 is 5.94. The molecule has 0 bridgehead atoms. The van der Waals surface area contributed by atoms with Crippen LogP contribution in [0.15, 0.2) is 64.2 Å². The summed E-state index contributed by atoms with van der Waals surface area (Å²) in [5, 5.41) is 11.7. The highest BCUT2D eigenvalue weighted by atomic mass is 32.1. The number of fused-ring (bicyclic) bond motifs is 3. The highest BCUT2D eigenvalue weighted by Crippen LogP contribution is 2.39. The standard InChI is InChI=1S/C23H15N5O2S/c24-21-15(5-6-18-22(21)28-30-27-18)23(29)26-14-7-13-10-25-11-17(13)16(9-14)20-8-12-3-1-2-4-19(12)31-20/h1-10H,11,24H2,(H,26,29). The summed E-state index contributed by atoms with van der Waals surface area (Å²) in [5.41, 5.74) is 11.5. The van der Waals surface area contributed by atoms with Crippen molar-refractivity contribution in [1.29, 1.82) is 0 Å². The van der Waals surface area contributed by atoms with Gasteiger partial charge in [0.1, 0.15) is 5.52 Å². The van der Waals surface area contributed by atoms with Crippen molar-refractivity contribution in [3.63, 3.8) is 0 Å². The van der Waals surface area contributed by atoms with E-state index in [9.17, 15) is 4.79 Å². The van der Waals surface area contributed by atoms with E-state index in [2.05, 4.69) is 38.8 Å². The number of aromatic nitrogens is 2. The van der Waals surface area contributed by atoms with Gasteiger partial charge in [-0.2, -0.15) is 0 Å². The number of rotatable bonds is 3. The summed E-state index contributed by atoms with van der Waals surface area (Å²) in [7, 11) is 0. The number of nitrogens with one attached hydrogen (secondary N) is 1. The lowest BCUT2D eigenvalue weighted by molar-refractivity contribution is 0.102. The Morgan fingerprint density at radius 2 is 2.00 bits per heavy atom. The Labute approximate surface area is 180 Å². The van der Waals surface area contributed by atoms with Crippen molar-refractivity contribution in [3.05, 3.63) is 71.3 Å². The van der Waals surface area contributed by atoms with Crippen molar-refractivity contribution in [2.45, 2.75) is 6.54 Å². The first kappa shape index (κ1) is 17.8. The maximum absolute atomic E-state index is 13.0. The molecule has 0 radical (unpaired) electrons. The van der Waals surface area contributed by atoms with Crippen LogP contribution in [0, 0.1) is 0 Å². The largest absolute Gasteiger partial charge is 0.396 e. The van der Waals surface area contributed by atoms with Crippen molar-refractivity contribution >= 4 is 56.0 Å². The predicted octanol–water partition coefficient (Wildman–Crippen LogP) is 4.87. The number of thiophene rings is 1. The Balaban J connectivity index is 1.41. The summed E-state index contributed by atoms with van der Waals surface area (Å²) in [6, 6.07) is 17.7. The van der Waals surface area contributed by atoms with Gasteiger partial charge in [0.2, 0.25) is 0 Å². The molecule has 1 aliphatic rings. The van der Waals surface area contributed by atoms with Gasteiger partial charge in [0.15, 0.2) is 5.52 Å². The normalized spacial score (nSPS) is 12.5. The van der Waals surface area contributed by atoms with Crippen LogP contribution < -0.4 is 11.1 Å². The number of aliphatic imine (C=N–C) groups is 1. The molecule has 3 N–H and O–H groups in total. The van der Waals surface area contributed by atoms with Gasteiger partial charge in [-0.15, -0.1) is 11.3 Å². The minimum Gasteiger partial charge on any atom is -0.396 e. The second kappa shape index (κ2) is 6.75. The fraction of sp³-hybridized carbons (Fsp3) is 0.0435. The molecule has 0 unspecified atom stereocenters. The Kier molecular flexibility index (Phi) is 3.87. The number of hydrogen-bond acceptors (Lipinski definition) is 7. The van der Waals surface area contributed by atoms with E-state index in [4.69, 9.17) is 10.4 Å². The van der Waals surface area contributed by atoms with Crippen LogP contribution in [-0.2, 0) is 6.54 Å². The Bertz CT molecular complexity index is 1500. The molecule has 1 amide bonds. The first-order valence-electron chi connectivity index (χ1n) is 9.65. The molecule has 0 aliphatic carbocycles. The van der Waals surface area contributed by atoms with Crippen LogP contribution in [0.1, 0.15) is 21.5 Å². The molecular weight excluding hydrogens is 410 g/mol. The number of nitrogen functional groups attached to an aromatic ring is 1. The predicted molar refractivity (Wildman–Crippen MR) is 123 cm³/mol. The van der Waals surface area contributed by atoms with Crippen LogP contribution in [0.2, 0.25) is 0 Å². The van der Waals surface area contributed by atoms with Crippen LogP contribution in [0.25, 0.3) is 31.6 Å². The molecule has 0 saturated heterocycles. The van der Waals surface area contributed by atoms with Gasteiger partial charge in [0, 0.05) is 27.0 Å². The Morgan fingerprint density at radius 3 is 2.90 bits per heavy atom. The topological polar surface area (TPSA) is 106 Å². The SMILES string of the molecule is Nc1c(C(=O)Nc2cc3c(c(-c4cc5ccccc5s4)c2)CN=C3)ccc2nonc12. The molecule has 3 aromatic carbocycles. The lowest BCUT2D eigenvalue weighted by atomic mass is 10.00. The first-order valence-corrected chi connectivity index (χ1v) is 10.5. The van der Waals surface area contributed by atoms with Gasteiger partial charge in [-0.05, 0) is 63.2 Å². The quantitative estimate of drug-likeness (QED) is 0.401. The average Bonchev–Trinajstić information content (AvgIpc) is 3.51. The van der Waals surface area contributed by atoms with Crippen LogP contribution in [0.3, 0.4) is 0 Å². The third kappa shape index (κ3) is 2.88. The number of hydrogen-bond donors (Lipinski definition) is 2. The Morgan fingerprint density at radius 1 is 1.10 bits per heavy atom. The first-order chi connectivity index (χ1) is 15.2. The molecule has 31 heavy (non-hydrogen) atoms. The Hall–Kier alpha value is -4.04. The lowest BCUT2D eigenvalue weighted by Crippen LogP contribution is -2.14. The van der Waals surface area contributed by atoms with Crippen molar-refractivity contribution in [2.24, 2.45) is 4.99 Å². The summed E-state index contributed by atoms with van der Waals surface area (Å²) in [4.78, 5) is 18.6. The number of benzene rings is 3. The molecule has 2 aromatic heterocycles. The number of anilines is 2. The molecule has 150 valence electrons. The maximum atomic E-state index is 13.0. The second-order valence-corrected chi connectivity index (χ2v) is 8.41. The van der Waals surface area contributed by atoms with Gasteiger partial charge in [0.25, 0.3) is 5.91 Å². The summed E-state index contributed by atoms with van der Waals surface area (Å²) in [6.45, 7) is 0.635. The third-order valence-corrected chi connectivity index (χ3v) is 6.57. The van der Waals surface area contributed by atoms with E-state index in [-0.39, 0.29) is 11.6 Å². The van der Waals surface area contributed by atoms with E-state index in [1.54, 1.807) is 23.5 Å². The smallest absolute Gasteiger partial charge is 0.257 e. The second-order valence-electron chi connectivity index (χ2n) is 7.32. The molecule has 6 rings (SSSR count). The molecule has 0 saturated carbocycles. The molecule has 3 heterocycles. The number of amides is 1. The highest BCUT2D eigenvalue weighted by molar-refractivity contribution is 7.22. The number of nitrogens with zero attached hydrogens (tertiary/aromatic N) is 3. The molecule has 0 spiro atoms. The van der Waals surface area contributed by atoms with Gasteiger partial charge in [-0.25, -0.2) is 4.63 Å². The van der Waals surface area contributed by atoms with Crippen LogP contribution in [0.4, 0.5) is 11.4 Å². The van der Waals surface area contributed by atoms with Crippen molar-refractivity contribution in [1.82, 2.24) is 10.3 Å². The number of carbonyl (C=O) groups is 1. The minimum atomic E-state index is -0.320. The zero-order valence-electron chi connectivity index (χ0n) is 16.1. The lowest BCUT2D eigenvalue weighted by Gasteiger charge is -2.12. The third-order valence-electron chi connectivity index (χ3n) is 5.42. The molecule has 0 atom stereocenters. The van der Waals surface area contributed by atoms with E-state index in [1.165, 1.54) is 15.6 Å². The molecule has 1 aliphatic heterocycles. The minimum absolute atomic E-state index is 0.240. The molecule has 8 heteroatoms. The molecular formula is C23H15N5O2S. The molecule has 7 nitrogen and oxygen atoms in total. The monoisotopic (exact) mass is 425 g/mol. The van der Waals surface area contributed by atoms with Crippen LogP contribution in [0.5, 0.6) is 0 Å². The van der Waals surface area contributed by atoms with Gasteiger partial charge >= 0.3 is 0 Å². The summed E-state index contributed by atoms with van der Waals surface area (Å²) >= 11 is 1.73. The fourth-order valence-electron chi connectivity index (χ4n) is 3.90. The van der Waals surface area contributed by atoms with Gasteiger partial charge in [0.05, 0.1) is 17.8 Å². The van der Waals surface area contributed by atoms with Crippen molar-refractivity contribution in [2.75, 3.05) is 11.1 Å². The number of nitrogens with two attached hydrogens (primary N) is 1. The van der Waals surface area contributed by atoms with E-state index < -0.39 is 0 Å². The van der Waals surface area contributed by atoms with Crippen molar-refractivity contribution < 1.29 is 9.42 Å². The van der Waals surface area contributed by atoms with Gasteiger partial charge in [-0.1, -0.05) is 18.2 Å². The molecule has 0 fully saturated rings. The summed E-state index contributed by atoms with van der Waals surface area (Å²) in [6.07, 6.45) is 1.85. The fourth-order valence-corrected chi connectivity index (χ4v) is 5.00. The van der Waals surface area contributed by atoms with E-state index in [1.807, 2.05) is 30.5 Å².